The van der Waals surface area contributed by atoms with E-state index in [0.717, 1.165) is 5.39 Å². The minimum atomic E-state index is -0.419. The van der Waals surface area contributed by atoms with E-state index in [1.165, 1.54) is 6.33 Å². The van der Waals surface area contributed by atoms with Crippen molar-refractivity contribution in [1.29, 1.82) is 0 Å². The first-order chi connectivity index (χ1) is 11.6. The molecule has 0 radical (unpaired) electrons. The highest BCUT2D eigenvalue weighted by Crippen LogP contribution is 2.32. The molecule has 126 valence electrons. The smallest absolute Gasteiger partial charge is 0.186 e. The van der Waals surface area contributed by atoms with Crippen LogP contribution in [0, 0.1) is 5.82 Å². The molecular formula is C18H20FN3O2. The van der Waals surface area contributed by atoms with Crippen LogP contribution in [0.15, 0.2) is 35.0 Å². The summed E-state index contributed by atoms with van der Waals surface area (Å²) in [5.41, 5.74) is 1.09. The van der Waals surface area contributed by atoms with E-state index in [9.17, 15) is 4.39 Å². The second kappa shape index (κ2) is 6.86. The Morgan fingerprint density at radius 2 is 2.12 bits per heavy atom. The molecule has 3 aromatic rings. The van der Waals surface area contributed by atoms with Crippen LogP contribution in [0.5, 0.6) is 5.75 Å². The van der Waals surface area contributed by atoms with Gasteiger partial charge in [0.15, 0.2) is 23.0 Å². The summed E-state index contributed by atoms with van der Waals surface area (Å²) in [6.45, 7) is 6.24. The van der Waals surface area contributed by atoms with Gasteiger partial charge in [0.2, 0.25) is 0 Å². The molecule has 1 unspecified atom stereocenters. The number of nitrogens with one attached hydrogen (secondary N) is 1. The average molecular weight is 329 g/mol. The molecule has 0 aliphatic heterocycles. The third-order valence-electron chi connectivity index (χ3n) is 3.80. The summed E-state index contributed by atoms with van der Waals surface area (Å²) < 4.78 is 25.8. The Bertz CT molecular complexity index is 847. The number of benzene rings is 1. The third-order valence-corrected chi connectivity index (χ3v) is 3.80. The molecule has 0 spiro atoms. The topological polar surface area (TPSA) is 60.2 Å². The maximum Gasteiger partial charge on any atom is 0.186 e. The molecule has 0 bridgehead atoms. The fourth-order valence-corrected chi connectivity index (χ4v) is 2.57. The van der Waals surface area contributed by atoms with Gasteiger partial charge in [-0.1, -0.05) is 19.1 Å². The van der Waals surface area contributed by atoms with E-state index in [1.807, 2.05) is 45.0 Å². The van der Waals surface area contributed by atoms with Crippen molar-refractivity contribution in [2.24, 2.45) is 0 Å². The number of rotatable bonds is 6. The summed E-state index contributed by atoms with van der Waals surface area (Å²) in [6, 6.07) is 7.42. The van der Waals surface area contributed by atoms with Crippen molar-refractivity contribution in [3.05, 3.63) is 47.9 Å². The maximum atomic E-state index is 14.3. The molecule has 0 amide bonds. The van der Waals surface area contributed by atoms with Gasteiger partial charge in [0.1, 0.15) is 12.1 Å². The predicted octanol–water partition coefficient (Wildman–Crippen LogP) is 4.50. The molecule has 1 atom stereocenters. The number of halogens is 1. The number of fused-ring (bicyclic) bond motifs is 1. The van der Waals surface area contributed by atoms with E-state index in [2.05, 4.69) is 15.3 Å². The standard InChI is InChI=1S/C18H20FN3O2/c1-4-13-16(19)18(21-10-20-13)22-11(3)15-9-12-7-6-8-14(23-5-2)17(12)24-15/h6-11H,4-5H2,1-3H3,(H,20,21,22). The summed E-state index contributed by atoms with van der Waals surface area (Å²) in [6.07, 6.45) is 1.88. The molecule has 1 aromatic carbocycles. The maximum absolute atomic E-state index is 14.3. The van der Waals surface area contributed by atoms with Gasteiger partial charge < -0.3 is 14.5 Å². The quantitative estimate of drug-likeness (QED) is 0.721. The number of aromatic nitrogens is 2. The van der Waals surface area contributed by atoms with Crippen LogP contribution in [0.2, 0.25) is 0 Å². The summed E-state index contributed by atoms with van der Waals surface area (Å²) >= 11 is 0. The van der Waals surface area contributed by atoms with Crippen molar-refractivity contribution in [1.82, 2.24) is 9.97 Å². The summed E-state index contributed by atoms with van der Waals surface area (Å²) in [5.74, 6) is 1.15. The summed E-state index contributed by atoms with van der Waals surface area (Å²) in [7, 11) is 0. The van der Waals surface area contributed by atoms with Gasteiger partial charge in [-0.25, -0.2) is 14.4 Å². The van der Waals surface area contributed by atoms with E-state index in [0.29, 0.717) is 35.8 Å². The van der Waals surface area contributed by atoms with Gasteiger partial charge in [0.05, 0.1) is 18.3 Å². The highest BCUT2D eigenvalue weighted by molar-refractivity contribution is 5.83. The Hall–Kier alpha value is -2.63. The first kappa shape index (κ1) is 16.2. The zero-order valence-electron chi connectivity index (χ0n) is 14.0. The van der Waals surface area contributed by atoms with E-state index in [4.69, 9.17) is 9.15 Å². The molecule has 0 saturated heterocycles. The lowest BCUT2D eigenvalue weighted by Gasteiger charge is -2.13. The number of anilines is 1. The number of hydrogen-bond donors (Lipinski definition) is 1. The number of ether oxygens (including phenoxy) is 1. The van der Waals surface area contributed by atoms with Crippen molar-refractivity contribution in [2.75, 3.05) is 11.9 Å². The summed E-state index contributed by atoms with van der Waals surface area (Å²) in [5, 5.41) is 4.00. The van der Waals surface area contributed by atoms with Crippen LogP contribution in [-0.2, 0) is 6.42 Å². The number of nitrogens with zero attached hydrogens (tertiary/aromatic N) is 2. The lowest BCUT2D eigenvalue weighted by Crippen LogP contribution is -2.10. The molecule has 0 aliphatic rings. The Labute approximate surface area is 139 Å². The number of aryl methyl sites for hydroxylation is 1. The first-order valence-corrected chi connectivity index (χ1v) is 8.05. The highest BCUT2D eigenvalue weighted by atomic mass is 19.1. The van der Waals surface area contributed by atoms with Gasteiger partial charge in [-0.3, -0.25) is 0 Å². The van der Waals surface area contributed by atoms with Crippen LogP contribution in [0.1, 0.15) is 38.3 Å². The SMILES string of the molecule is CCOc1cccc2cc(C(C)Nc3ncnc(CC)c3F)oc12. The van der Waals surface area contributed by atoms with Gasteiger partial charge in [-0.2, -0.15) is 0 Å². The van der Waals surface area contributed by atoms with Crippen molar-refractivity contribution >= 4 is 16.8 Å². The Balaban J connectivity index is 1.89. The van der Waals surface area contributed by atoms with Crippen LogP contribution in [-0.4, -0.2) is 16.6 Å². The molecule has 24 heavy (non-hydrogen) atoms. The zero-order chi connectivity index (χ0) is 17.1. The van der Waals surface area contributed by atoms with Crippen molar-refractivity contribution in [3.8, 4) is 5.75 Å². The molecule has 0 aliphatic carbocycles. The number of hydrogen-bond acceptors (Lipinski definition) is 5. The van der Waals surface area contributed by atoms with Crippen LogP contribution < -0.4 is 10.1 Å². The minimum Gasteiger partial charge on any atom is -0.490 e. The average Bonchev–Trinajstić information content (AvgIpc) is 3.02. The predicted molar refractivity (Wildman–Crippen MR) is 90.8 cm³/mol. The van der Waals surface area contributed by atoms with Crippen LogP contribution in [0.3, 0.4) is 0 Å². The highest BCUT2D eigenvalue weighted by Gasteiger charge is 2.17. The molecule has 6 heteroatoms. The molecule has 0 fully saturated rings. The first-order valence-electron chi connectivity index (χ1n) is 8.05. The molecule has 0 saturated carbocycles. The monoisotopic (exact) mass is 329 g/mol. The number of para-hydroxylation sites is 1. The third kappa shape index (κ3) is 3.04. The Morgan fingerprint density at radius 3 is 2.88 bits per heavy atom. The second-order valence-electron chi connectivity index (χ2n) is 5.46. The molecule has 2 aromatic heterocycles. The lowest BCUT2D eigenvalue weighted by molar-refractivity contribution is 0.337. The van der Waals surface area contributed by atoms with Crippen LogP contribution in [0.4, 0.5) is 10.2 Å². The van der Waals surface area contributed by atoms with Crippen molar-refractivity contribution in [3.63, 3.8) is 0 Å². The van der Waals surface area contributed by atoms with Gasteiger partial charge in [0, 0.05) is 5.39 Å². The van der Waals surface area contributed by atoms with Crippen LogP contribution in [0.25, 0.3) is 11.0 Å². The normalized spacial score (nSPS) is 12.3. The van der Waals surface area contributed by atoms with Crippen molar-refractivity contribution < 1.29 is 13.5 Å². The van der Waals surface area contributed by atoms with E-state index in [1.54, 1.807) is 0 Å². The van der Waals surface area contributed by atoms with Gasteiger partial charge in [0.25, 0.3) is 0 Å². The zero-order valence-corrected chi connectivity index (χ0v) is 14.0. The Morgan fingerprint density at radius 1 is 1.29 bits per heavy atom. The van der Waals surface area contributed by atoms with Crippen LogP contribution >= 0.6 is 0 Å². The van der Waals surface area contributed by atoms with E-state index >= 15 is 0 Å². The number of furan rings is 1. The molecular weight excluding hydrogens is 309 g/mol. The van der Waals surface area contributed by atoms with E-state index in [-0.39, 0.29) is 11.9 Å². The fraction of sp³-hybridized carbons (Fsp3) is 0.333. The van der Waals surface area contributed by atoms with Crippen molar-refractivity contribution in [2.45, 2.75) is 33.2 Å². The molecule has 5 nitrogen and oxygen atoms in total. The fourth-order valence-electron chi connectivity index (χ4n) is 2.57. The van der Waals surface area contributed by atoms with E-state index < -0.39 is 5.82 Å². The van der Waals surface area contributed by atoms with Gasteiger partial charge in [-0.15, -0.1) is 0 Å². The second-order valence-corrected chi connectivity index (χ2v) is 5.46. The Kier molecular flexibility index (Phi) is 4.64. The molecule has 2 heterocycles. The largest absolute Gasteiger partial charge is 0.490 e. The van der Waals surface area contributed by atoms with Gasteiger partial charge >= 0.3 is 0 Å². The lowest BCUT2D eigenvalue weighted by atomic mass is 10.2. The van der Waals surface area contributed by atoms with Gasteiger partial charge in [-0.05, 0) is 32.4 Å². The summed E-state index contributed by atoms with van der Waals surface area (Å²) in [4.78, 5) is 7.93. The minimum absolute atomic E-state index is 0.180. The molecule has 3 rings (SSSR count). The molecule has 1 N–H and O–H groups in total.